The van der Waals surface area contributed by atoms with Crippen molar-refractivity contribution in [3.05, 3.63) is 83.7 Å². The van der Waals surface area contributed by atoms with Crippen LogP contribution >= 0.6 is 0 Å². The van der Waals surface area contributed by atoms with Crippen molar-refractivity contribution in [2.45, 2.75) is 63.4 Å². The van der Waals surface area contributed by atoms with E-state index in [9.17, 15) is 13.2 Å². The van der Waals surface area contributed by atoms with Gasteiger partial charge in [-0.15, -0.1) is 6.58 Å². The standard InChI is InChI=1S/C29H33F3O/c1-3-19-4-9-21(10-5-19)25-16-17-26(29(32)28(25)31)22-11-6-20(7-12-22)8-13-23-14-15-24(33-2)18-27(23)30/h3,6-7,11-12,16-19,21,23-24H,1,4-5,8-10,13-15H2,2H3. The SMILES string of the molecule is C=CC1CCC(c2ccc(-c3ccc(CCC4CCC(OC)C=C4F)cc3)c(F)c2F)CC1. The topological polar surface area (TPSA) is 9.23 Å². The zero-order valence-corrected chi connectivity index (χ0v) is 19.3. The summed E-state index contributed by atoms with van der Waals surface area (Å²) in [7, 11) is 1.60. The largest absolute Gasteiger partial charge is 0.377 e. The van der Waals surface area contributed by atoms with Gasteiger partial charge >= 0.3 is 0 Å². The van der Waals surface area contributed by atoms with E-state index in [1.165, 1.54) is 0 Å². The number of methoxy groups -OCH3 is 1. The molecule has 2 unspecified atom stereocenters. The van der Waals surface area contributed by atoms with Crippen LogP contribution in [0.15, 0.2) is 61.0 Å². The fourth-order valence-electron chi connectivity index (χ4n) is 5.33. The highest BCUT2D eigenvalue weighted by molar-refractivity contribution is 5.65. The summed E-state index contributed by atoms with van der Waals surface area (Å²) in [6, 6.07) is 11.0. The van der Waals surface area contributed by atoms with Crippen LogP contribution in [0.4, 0.5) is 13.2 Å². The fourth-order valence-corrected chi connectivity index (χ4v) is 5.33. The Labute approximate surface area is 195 Å². The Morgan fingerprint density at radius 1 is 0.909 bits per heavy atom. The summed E-state index contributed by atoms with van der Waals surface area (Å²) in [4.78, 5) is 0. The van der Waals surface area contributed by atoms with Crippen LogP contribution in [0.1, 0.15) is 62.0 Å². The molecule has 1 fully saturated rings. The molecule has 33 heavy (non-hydrogen) atoms. The van der Waals surface area contributed by atoms with E-state index in [4.69, 9.17) is 4.74 Å². The van der Waals surface area contributed by atoms with Gasteiger partial charge in [-0.05, 0) is 86.0 Å². The van der Waals surface area contributed by atoms with Crippen molar-refractivity contribution in [2.24, 2.45) is 11.8 Å². The summed E-state index contributed by atoms with van der Waals surface area (Å²) < 4.78 is 49.4. The molecule has 0 radical (unpaired) electrons. The molecule has 1 saturated carbocycles. The number of halogens is 3. The summed E-state index contributed by atoms with van der Waals surface area (Å²) in [5.41, 5.74) is 2.50. The molecule has 0 saturated heterocycles. The molecule has 2 aliphatic rings. The lowest BCUT2D eigenvalue weighted by molar-refractivity contribution is 0.114. The van der Waals surface area contributed by atoms with Crippen LogP contribution in [0.25, 0.3) is 11.1 Å². The third-order valence-electron chi connectivity index (χ3n) is 7.54. The summed E-state index contributed by atoms with van der Waals surface area (Å²) >= 11 is 0. The van der Waals surface area contributed by atoms with Gasteiger partial charge in [-0.3, -0.25) is 0 Å². The first kappa shape index (κ1) is 23.8. The highest BCUT2D eigenvalue weighted by Crippen LogP contribution is 2.39. The average Bonchev–Trinajstić information content (AvgIpc) is 2.85. The van der Waals surface area contributed by atoms with Gasteiger partial charge in [0.05, 0.1) is 6.10 Å². The fraction of sp³-hybridized carbons (Fsp3) is 0.448. The minimum absolute atomic E-state index is 0.0699. The first-order chi connectivity index (χ1) is 16.0. The van der Waals surface area contributed by atoms with Gasteiger partial charge in [-0.1, -0.05) is 42.5 Å². The molecule has 0 bridgehead atoms. The molecule has 2 aromatic rings. The summed E-state index contributed by atoms with van der Waals surface area (Å²) in [6.07, 6.45) is 10.2. The molecule has 0 heterocycles. The van der Waals surface area contributed by atoms with Crippen LogP contribution in [0.3, 0.4) is 0 Å². The second-order valence-corrected chi connectivity index (χ2v) is 9.51. The second-order valence-electron chi connectivity index (χ2n) is 9.51. The van der Waals surface area contributed by atoms with Gasteiger partial charge in [0.25, 0.3) is 0 Å². The van der Waals surface area contributed by atoms with Crippen molar-refractivity contribution >= 4 is 0 Å². The average molecular weight is 455 g/mol. The number of hydrogen-bond acceptors (Lipinski definition) is 1. The lowest BCUT2D eigenvalue weighted by atomic mass is 9.78. The van der Waals surface area contributed by atoms with Crippen molar-refractivity contribution < 1.29 is 17.9 Å². The number of rotatable bonds is 7. The Hall–Kier alpha value is -2.33. The molecule has 1 nitrogen and oxygen atoms in total. The van der Waals surface area contributed by atoms with Crippen molar-refractivity contribution in [1.82, 2.24) is 0 Å². The summed E-state index contributed by atoms with van der Waals surface area (Å²) in [6.45, 7) is 3.85. The molecule has 0 N–H and O–H groups in total. The molecule has 0 amide bonds. The van der Waals surface area contributed by atoms with Gasteiger partial charge in [-0.2, -0.15) is 0 Å². The van der Waals surface area contributed by atoms with Gasteiger partial charge in [0.1, 0.15) is 5.83 Å². The van der Waals surface area contributed by atoms with E-state index in [1.807, 2.05) is 30.3 Å². The third kappa shape index (κ3) is 5.43. The lowest BCUT2D eigenvalue weighted by Gasteiger charge is -2.27. The Morgan fingerprint density at radius 3 is 2.27 bits per heavy atom. The molecule has 2 aliphatic carbocycles. The maximum Gasteiger partial charge on any atom is 0.166 e. The molecular weight excluding hydrogens is 421 g/mol. The van der Waals surface area contributed by atoms with E-state index in [0.29, 0.717) is 17.0 Å². The van der Waals surface area contributed by atoms with Crippen molar-refractivity contribution in [3.8, 4) is 11.1 Å². The van der Waals surface area contributed by atoms with Gasteiger partial charge in [0.15, 0.2) is 11.6 Å². The number of hydrogen-bond donors (Lipinski definition) is 0. The Bertz CT molecular complexity index is 987. The molecule has 4 heteroatoms. The molecule has 176 valence electrons. The minimum atomic E-state index is -0.770. The van der Waals surface area contributed by atoms with Crippen molar-refractivity contribution in [3.63, 3.8) is 0 Å². The van der Waals surface area contributed by atoms with Gasteiger partial charge in [-0.25, -0.2) is 13.2 Å². The summed E-state index contributed by atoms with van der Waals surface area (Å²) in [5, 5.41) is 0. The van der Waals surface area contributed by atoms with Crippen LogP contribution in [0.5, 0.6) is 0 Å². The first-order valence-electron chi connectivity index (χ1n) is 12.1. The van der Waals surface area contributed by atoms with E-state index in [2.05, 4.69) is 6.58 Å². The monoisotopic (exact) mass is 454 g/mol. The van der Waals surface area contributed by atoms with Crippen LogP contribution in [0, 0.1) is 23.5 Å². The number of aryl methyl sites for hydroxylation is 1. The Kier molecular flexibility index (Phi) is 7.75. The zero-order valence-electron chi connectivity index (χ0n) is 19.3. The predicted octanol–water partition coefficient (Wildman–Crippen LogP) is 8.30. The predicted molar refractivity (Wildman–Crippen MR) is 128 cm³/mol. The van der Waals surface area contributed by atoms with Crippen LogP contribution in [0.2, 0.25) is 0 Å². The number of ether oxygens (including phenoxy) is 1. The van der Waals surface area contributed by atoms with E-state index >= 15 is 0 Å². The second kappa shape index (κ2) is 10.7. The molecular formula is C29H33F3O. The maximum absolute atomic E-state index is 15.0. The molecule has 4 rings (SSSR count). The van der Waals surface area contributed by atoms with E-state index in [-0.39, 0.29) is 29.3 Å². The molecule has 0 spiro atoms. The third-order valence-corrected chi connectivity index (χ3v) is 7.54. The molecule has 0 aliphatic heterocycles. The number of allylic oxidation sites excluding steroid dienone is 2. The first-order valence-corrected chi connectivity index (χ1v) is 12.1. The molecule has 2 atom stereocenters. The highest BCUT2D eigenvalue weighted by Gasteiger charge is 2.26. The smallest absolute Gasteiger partial charge is 0.166 e. The van der Waals surface area contributed by atoms with Crippen molar-refractivity contribution in [1.29, 1.82) is 0 Å². The van der Waals surface area contributed by atoms with E-state index < -0.39 is 11.6 Å². The highest BCUT2D eigenvalue weighted by atomic mass is 19.2. The molecule has 0 aromatic heterocycles. The number of benzene rings is 2. The van der Waals surface area contributed by atoms with Gasteiger partial charge in [0.2, 0.25) is 0 Å². The normalized spacial score (nSPS) is 25.5. The van der Waals surface area contributed by atoms with Crippen LogP contribution in [-0.4, -0.2) is 13.2 Å². The Balaban J connectivity index is 1.41. The van der Waals surface area contributed by atoms with E-state index in [0.717, 1.165) is 56.9 Å². The van der Waals surface area contributed by atoms with E-state index in [1.54, 1.807) is 25.3 Å². The zero-order chi connectivity index (χ0) is 23.4. The van der Waals surface area contributed by atoms with Crippen LogP contribution < -0.4 is 0 Å². The molecule has 2 aromatic carbocycles. The Morgan fingerprint density at radius 2 is 1.64 bits per heavy atom. The minimum Gasteiger partial charge on any atom is -0.377 e. The van der Waals surface area contributed by atoms with Gasteiger partial charge < -0.3 is 4.74 Å². The summed E-state index contributed by atoms with van der Waals surface area (Å²) in [5.74, 6) is -1.09. The van der Waals surface area contributed by atoms with Crippen molar-refractivity contribution in [2.75, 3.05) is 7.11 Å². The van der Waals surface area contributed by atoms with Crippen LogP contribution in [-0.2, 0) is 11.2 Å². The van der Waals surface area contributed by atoms with Gasteiger partial charge in [0, 0.05) is 18.6 Å². The maximum atomic E-state index is 15.0. The lowest BCUT2D eigenvalue weighted by Crippen LogP contribution is -2.18. The quantitative estimate of drug-likeness (QED) is 0.382.